The lowest BCUT2D eigenvalue weighted by Gasteiger charge is -2.04. The molecule has 8 nitrogen and oxygen atoms in total. The standard InChI is InChI=1S/C14H16N2O6/c1-15-14(20)16-12(18)8-22-13(19)6-4-9-3-5-10(17)11(7-9)21-2/h3-7,17H,8H2,1-2H3,(H2,15,16,18,20)/b6-4+. The molecule has 1 rings (SSSR count). The van der Waals surface area contributed by atoms with Crippen LogP contribution in [-0.4, -0.2) is 43.8 Å². The van der Waals surface area contributed by atoms with E-state index in [-0.39, 0.29) is 11.5 Å². The minimum Gasteiger partial charge on any atom is -0.504 e. The van der Waals surface area contributed by atoms with Crippen LogP contribution in [0, 0.1) is 0 Å². The predicted molar refractivity (Wildman–Crippen MR) is 77.3 cm³/mol. The Morgan fingerprint density at radius 1 is 1.32 bits per heavy atom. The number of carbonyl (C=O) groups excluding carboxylic acids is 3. The van der Waals surface area contributed by atoms with Crippen LogP contribution in [0.1, 0.15) is 5.56 Å². The fourth-order valence-electron chi connectivity index (χ4n) is 1.37. The monoisotopic (exact) mass is 308 g/mol. The van der Waals surface area contributed by atoms with Gasteiger partial charge in [0.15, 0.2) is 18.1 Å². The highest BCUT2D eigenvalue weighted by molar-refractivity contribution is 5.96. The summed E-state index contributed by atoms with van der Waals surface area (Å²) in [5.41, 5.74) is 0.599. The average Bonchev–Trinajstić information content (AvgIpc) is 2.51. The number of benzene rings is 1. The second-order valence-electron chi connectivity index (χ2n) is 4.00. The molecule has 0 aliphatic carbocycles. The Bertz CT molecular complexity index is 597. The third kappa shape index (κ3) is 5.53. The lowest BCUT2D eigenvalue weighted by Crippen LogP contribution is -2.39. The molecule has 22 heavy (non-hydrogen) atoms. The number of hydrogen-bond acceptors (Lipinski definition) is 6. The van der Waals surface area contributed by atoms with Gasteiger partial charge in [-0.1, -0.05) is 6.07 Å². The number of esters is 1. The van der Waals surface area contributed by atoms with E-state index in [1.165, 1.54) is 32.4 Å². The first-order valence-electron chi connectivity index (χ1n) is 6.19. The molecule has 0 saturated heterocycles. The van der Waals surface area contributed by atoms with Gasteiger partial charge in [0, 0.05) is 13.1 Å². The zero-order valence-electron chi connectivity index (χ0n) is 12.1. The van der Waals surface area contributed by atoms with E-state index < -0.39 is 24.5 Å². The van der Waals surface area contributed by atoms with E-state index in [2.05, 4.69) is 10.1 Å². The van der Waals surface area contributed by atoms with Crippen molar-refractivity contribution in [1.29, 1.82) is 0 Å². The van der Waals surface area contributed by atoms with Crippen molar-refractivity contribution in [3.63, 3.8) is 0 Å². The fraction of sp³-hybridized carbons (Fsp3) is 0.214. The number of carbonyl (C=O) groups is 3. The Morgan fingerprint density at radius 3 is 2.68 bits per heavy atom. The highest BCUT2D eigenvalue weighted by Crippen LogP contribution is 2.26. The molecule has 0 aromatic heterocycles. The maximum absolute atomic E-state index is 11.4. The number of rotatable bonds is 5. The molecular weight excluding hydrogens is 292 g/mol. The van der Waals surface area contributed by atoms with Crippen molar-refractivity contribution in [1.82, 2.24) is 10.6 Å². The van der Waals surface area contributed by atoms with Crippen LogP contribution < -0.4 is 15.4 Å². The Kier molecular flexibility index (Phi) is 6.42. The Hall–Kier alpha value is -3.03. The molecule has 0 bridgehead atoms. The van der Waals surface area contributed by atoms with E-state index in [4.69, 9.17) is 4.74 Å². The van der Waals surface area contributed by atoms with Crippen molar-refractivity contribution in [3.8, 4) is 11.5 Å². The fourth-order valence-corrected chi connectivity index (χ4v) is 1.37. The first kappa shape index (κ1) is 17.0. The molecule has 0 radical (unpaired) electrons. The number of methoxy groups -OCH3 is 1. The number of phenolic OH excluding ortho intramolecular Hbond substituents is 1. The van der Waals surface area contributed by atoms with Crippen LogP contribution in [0.3, 0.4) is 0 Å². The topological polar surface area (TPSA) is 114 Å². The van der Waals surface area contributed by atoms with E-state index in [0.717, 1.165) is 6.08 Å². The molecule has 0 unspecified atom stereocenters. The SMILES string of the molecule is CNC(=O)NC(=O)COC(=O)/C=C/c1ccc(O)c(OC)c1. The molecule has 0 heterocycles. The molecule has 0 saturated carbocycles. The number of amides is 3. The molecule has 1 aromatic rings. The van der Waals surface area contributed by atoms with E-state index in [9.17, 15) is 19.5 Å². The number of phenols is 1. The van der Waals surface area contributed by atoms with Gasteiger partial charge in [-0.05, 0) is 23.8 Å². The summed E-state index contributed by atoms with van der Waals surface area (Å²) in [5, 5.41) is 13.6. The summed E-state index contributed by atoms with van der Waals surface area (Å²) in [6.45, 7) is -0.574. The molecule has 0 fully saturated rings. The summed E-state index contributed by atoms with van der Waals surface area (Å²) in [6.07, 6.45) is 2.54. The summed E-state index contributed by atoms with van der Waals surface area (Å²) in [4.78, 5) is 33.5. The normalized spacial score (nSPS) is 10.1. The molecule has 3 N–H and O–H groups in total. The van der Waals surface area contributed by atoms with Gasteiger partial charge in [-0.3, -0.25) is 10.1 Å². The number of urea groups is 1. The summed E-state index contributed by atoms with van der Waals surface area (Å²) in [7, 11) is 2.76. The van der Waals surface area contributed by atoms with Crippen molar-refractivity contribution in [3.05, 3.63) is 29.8 Å². The van der Waals surface area contributed by atoms with Crippen LogP contribution in [0.15, 0.2) is 24.3 Å². The van der Waals surface area contributed by atoms with Crippen LogP contribution in [0.4, 0.5) is 4.79 Å². The summed E-state index contributed by atoms with van der Waals surface area (Å²) in [6, 6.07) is 3.82. The van der Waals surface area contributed by atoms with Crippen molar-refractivity contribution < 1.29 is 29.0 Å². The number of aromatic hydroxyl groups is 1. The Labute approximate surface area is 126 Å². The summed E-state index contributed by atoms with van der Waals surface area (Å²) in [5.74, 6) is -1.25. The second-order valence-corrected chi connectivity index (χ2v) is 4.00. The molecule has 0 aliphatic rings. The van der Waals surface area contributed by atoms with Gasteiger partial charge < -0.3 is 19.9 Å². The van der Waals surface area contributed by atoms with Crippen LogP contribution in [0.25, 0.3) is 6.08 Å². The van der Waals surface area contributed by atoms with Gasteiger partial charge in [0.25, 0.3) is 5.91 Å². The van der Waals surface area contributed by atoms with Gasteiger partial charge >= 0.3 is 12.0 Å². The van der Waals surface area contributed by atoms with E-state index in [1.54, 1.807) is 6.07 Å². The lowest BCUT2D eigenvalue weighted by atomic mass is 10.2. The average molecular weight is 308 g/mol. The second kappa shape index (κ2) is 8.30. The number of imide groups is 1. The van der Waals surface area contributed by atoms with Gasteiger partial charge in [-0.15, -0.1) is 0 Å². The first-order chi connectivity index (χ1) is 10.5. The third-order valence-electron chi connectivity index (χ3n) is 2.44. The van der Waals surface area contributed by atoms with Crippen molar-refractivity contribution in [2.75, 3.05) is 20.8 Å². The minimum absolute atomic E-state index is 0.0203. The highest BCUT2D eigenvalue weighted by Gasteiger charge is 2.08. The predicted octanol–water partition coefficient (Wildman–Crippen LogP) is 0.413. The summed E-state index contributed by atoms with van der Waals surface area (Å²) < 4.78 is 9.58. The van der Waals surface area contributed by atoms with Gasteiger partial charge in [-0.2, -0.15) is 0 Å². The molecule has 0 atom stereocenters. The quantitative estimate of drug-likeness (QED) is 0.536. The first-order valence-corrected chi connectivity index (χ1v) is 6.19. The minimum atomic E-state index is -0.751. The third-order valence-corrected chi connectivity index (χ3v) is 2.44. The number of hydrogen-bond donors (Lipinski definition) is 3. The van der Waals surface area contributed by atoms with E-state index in [0.29, 0.717) is 5.56 Å². The molecule has 118 valence electrons. The van der Waals surface area contributed by atoms with Crippen molar-refractivity contribution >= 4 is 24.0 Å². The molecule has 0 aliphatic heterocycles. The maximum atomic E-state index is 11.4. The van der Waals surface area contributed by atoms with Crippen molar-refractivity contribution in [2.45, 2.75) is 0 Å². The zero-order chi connectivity index (χ0) is 16.5. The lowest BCUT2D eigenvalue weighted by molar-refractivity contribution is -0.143. The van der Waals surface area contributed by atoms with Crippen LogP contribution in [0.2, 0.25) is 0 Å². The number of ether oxygens (including phenoxy) is 2. The van der Waals surface area contributed by atoms with Crippen LogP contribution in [0.5, 0.6) is 11.5 Å². The van der Waals surface area contributed by atoms with Crippen LogP contribution >= 0.6 is 0 Å². The van der Waals surface area contributed by atoms with Gasteiger partial charge in [0.1, 0.15) is 0 Å². The summed E-state index contributed by atoms with van der Waals surface area (Å²) >= 11 is 0. The largest absolute Gasteiger partial charge is 0.504 e. The van der Waals surface area contributed by atoms with Gasteiger partial charge in [0.2, 0.25) is 0 Å². The Balaban J connectivity index is 2.51. The van der Waals surface area contributed by atoms with Gasteiger partial charge in [-0.25, -0.2) is 9.59 Å². The van der Waals surface area contributed by atoms with Gasteiger partial charge in [0.05, 0.1) is 7.11 Å². The Morgan fingerprint density at radius 2 is 2.05 bits per heavy atom. The molecule has 3 amide bonds. The maximum Gasteiger partial charge on any atom is 0.331 e. The molecule has 0 spiro atoms. The van der Waals surface area contributed by atoms with E-state index in [1.807, 2.05) is 5.32 Å². The smallest absolute Gasteiger partial charge is 0.331 e. The van der Waals surface area contributed by atoms with Crippen LogP contribution in [-0.2, 0) is 14.3 Å². The highest BCUT2D eigenvalue weighted by atomic mass is 16.5. The number of nitrogens with one attached hydrogen (secondary N) is 2. The molecule has 8 heteroatoms. The van der Waals surface area contributed by atoms with E-state index >= 15 is 0 Å². The molecule has 1 aromatic carbocycles. The molecular formula is C14H16N2O6. The zero-order valence-corrected chi connectivity index (χ0v) is 12.1. The van der Waals surface area contributed by atoms with Crippen molar-refractivity contribution in [2.24, 2.45) is 0 Å².